The molecule has 0 aromatic heterocycles. The third kappa shape index (κ3) is 4.81. The summed E-state index contributed by atoms with van der Waals surface area (Å²) >= 11 is 0. The lowest BCUT2D eigenvalue weighted by molar-refractivity contribution is -0.169. The van der Waals surface area contributed by atoms with Crippen LogP contribution in [0.25, 0.3) is 0 Å². The van der Waals surface area contributed by atoms with Gasteiger partial charge in [-0.25, -0.2) is 9.59 Å². The minimum absolute atomic E-state index is 0.151. The highest BCUT2D eigenvalue weighted by molar-refractivity contribution is 5.79. The first-order valence-electron chi connectivity index (χ1n) is 4.46. The van der Waals surface area contributed by atoms with Crippen molar-refractivity contribution in [3.63, 3.8) is 0 Å². The van der Waals surface area contributed by atoms with Gasteiger partial charge in [-0.15, -0.1) is 0 Å². The van der Waals surface area contributed by atoms with Crippen LogP contribution in [0.5, 0.6) is 0 Å². The Morgan fingerprint density at radius 1 is 1.29 bits per heavy atom. The summed E-state index contributed by atoms with van der Waals surface area (Å²) in [5.74, 6) is -1.96. The van der Waals surface area contributed by atoms with Crippen LogP contribution in [0.2, 0.25) is 0 Å². The molecule has 0 aliphatic heterocycles. The molecule has 2 N–H and O–H groups in total. The van der Waals surface area contributed by atoms with Crippen molar-refractivity contribution in [3.05, 3.63) is 0 Å². The number of hydrogen-bond acceptors (Lipinski definition) is 4. The topological polar surface area (TPSA) is 83.8 Å². The van der Waals surface area contributed by atoms with Crippen molar-refractivity contribution in [2.45, 2.75) is 39.4 Å². The number of esters is 1. The van der Waals surface area contributed by atoms with E-state index in [9.17, 15) is 14.7 Å². The molecule has 0 fully saturated rings. The summed E-state index contributed by atoms with van der Waals surface area (Å²) in [6.07, 6.45) is -2.19. The molecular formula is C9H16O5. The fourth-order valence-electron chi connectivity index (χ4n) is 0.846. The lowest BCUT2D eigenvalue weighted by Gasteiger charge is -2.14. The van der Waals surface area contributed by atoms with Crippen molar-refractivity contribution < 1.29 is 24.5 Å². The van der Waals surface area contributed by atoms with E-state index in [1.807, 2.05) is 13.8 Å². The standard InChI is InChI=1S/C9H16O5/c1-5(2)4-7(10)9(13)14-6(3)8(11)12/h5-7,10H,4H2,1-3H3,(H,11,12). The van der Waals surface area contributed by atoms with Crippen LogP contribution in [0.4, 0.5) is 0 Å². The third-order valence-corrected chi connectivity index (χ3v) is 1.61. The minimum atomic E-state index is -1.24. The highest BCUT2D eigenvalue weighted by Gasteiger charge is 2.23. The molecule has 0 radical (unpaired) electrons. The van der Waals surface area contributed by atoms with Gasteiger partial charge in [0.1, 0.15) is 0 Å². The maximum absolute atomic E-state index is 11.1. The van der Waals surface area contributed by atoms with Crippen LogP contribution < -0.4 is 0 Å². The van der Waals surface area contributed by atoms with Crippen LogP contribution in [-0.2, 0) is 14.3 Å². The van der Waals surface area contributed by atoms with E-state index in [0.29, 0.717) is 0 Å². The van der Waals surface area contributed by atoms with E-state index in [0.717, 1.165) is 0 Å². The summed E-state index contributed by atoms with van der Waals surface area (Å²) in [7, 11) is 0. The van der Waals surface area contributed by atoms with E-state index in [-0.39, 0.29) is 12.3 Å². The molecule has 0 spiro atoms. The van der Waals surface area contributed by atoms with Crippen LogP contribution in [0.15, 0.2) is 0 Å². The van der Waals surface area contributed by atoms with E-state index < -0.39 is 24.1 Å². The van der Waals surface area contributed by atoms with Crippen molar-refractivity contribution in [1.82, 2.24) is 0 Å². The molecule has 82 valence electrons. The van der Waals surface area contributed by atoms with Crippen LogP contribution in [-0.4, -0.2) is 34.4 Å². The fourth-order valence-corrected chi connectivity index (χ4v) is 0.846. The summed E-state index contributed by atoms with van der Waals surface area (Å²) in [5, 5.41) is 17.7. The minimum Gasteiger partial charge on any atom is -0.479 e. The first-order chi connectivity index (χ1) is 6.34. The highest BCUT2D eigenvalue weighted by Crippen LogP contribution is 2.07. The lowest BCUT2D eigenvalue weighted by atomic mass is 10.1. The summed E-state index contributed by atoms with van der Waals surface area (Å²) in [6, 6.07) is 0. The Balaban J connectivity index is 4.01. The van der Waals surface area contributed by atoms with Gasteiger partial charge < -0.3 is 14.9 Å². The van der Waals surface area contributed by atoms with Gasteiger partial charge in [-0.1, -0.05) is 13.8 Å². The zero-order valence-electron chi connectivity index (χ0n) is 8.56. The van der Waals surface area contributed by atoms with Crippen molar-refractivity contribution in [3.8, 4) is 0 Å². The van der Waals surface area contributed by atoms with E-state index in [2.05, 4.69) is 4.74 Å². The van der Waals surface area contributed by atoms with Gasteiger partial charge in [-0.2, -0.15) is 0 Å². The maximum Gasteiger partial charge on any atom is 0.344 e. The van der Waals surface area contributed by atoms with Crippen LogP contribution >= 0.6 is 0 Å². The molecule has 5 nitrogen and oxygen atoms in total. The second kappa shape index (κ2) is 5.59. The second-order valence-electron chi connectivity index (χ2n) is 3.56. The van der Waals surface area contributed by atoms with Crippen LogP contribution in [0.3, 0.4) is 0 Å². The normalized spacial score (nSPS) is 14.9. The van der Waals surface area contributed by atoms with Crippen molar-refractivity contribution in [1.29, 1.82) is 0 Å². The van der Waals surface area contributed by atoms with Crippen molar-refractivity contribution >= 4 is 11.9 Å². The number of ether oxygens (including phenoxy) is 1. The molecule has 0 aliphatic rings. The number of hydrogen-bond donors (Lipinski definition) is 2. The van der Waals surface area contributed by atoms with Gasteiger partial charge in [0, 0.05) is 0 Å². The molecule has 0 aromatic carbocycles. The van der Waals surface area contributed by atoms with Gasteiger partial charge >= 0.3 is 11.9 Å². The highest BCUT2D eigenvalue weighted by atomic mass is 16.6. The monoisotopic (exact) mass is 204 g/mol. The predicted octanol–water partition coefficient (Wildman–Crippen LogP) is 0.410. The Morgan fingerprint density at radius 3 is 2.14 bits per heavy atom. The van der Waals surface area contributed by atoms with Gasteiger partial charge in [0.15, 0.2) is 12.2 Å². The lowest BCUT2D eigenvalue weighted by Crippen LogP contribution is -2.31. The van der Waals surface area contributed by atoms with Gasteiger partial charge in [-0.3, -0.25) is 0 Å². The van der Waals surface area contributed by atoms with E-state index in [1.165, 1.54) is 6.92 Å². The van der Waals surface area contributed by atoms with E-state index >= 15 is 0 Å². The summed E-state index contributed by atoms with van der Waals surface area (Å²) in [6.45, 7) is 4.93. The van der Waals surface area contributed by atoms with Crippen molar-refractivity contribution in [2.75, 3.05) is 0 Å². The SMILES string of the molecule is CC(C)CC(O)C(=O)OC(C)C(=O)O. The first-order valence-corrected chi connectivity index (χ1v) is 4.46. The number of carboxylic acid groups (broad SMARTS) is 1. The average molecular weight is 204 g/mol. The number of rotatable bonds is 5. The zero-order valence-corrected chi connectivity index (χ0v) is 8.56. The zero-order chi connectivity index (χ0) is 11.3. The van der Waals surface area contributed by atoms with E-state index in [4.69, 9.17) is 5.11 Å². The molecule has 0 rings (SSSR count). The maximum atomic E-state index is 11.1. The smallest absolute Gasteiger partial charge is 0.344 e. The van der Waals surface area contributed by atoms with E-state index in [1.54, 1.807) is 0 Å². The molecule has 5 heteroatoms. The Morgan fingerprint density at radius 2 is 1.79 bits per heavy atom. The molecule has 2 unspecified atom stereocenters. The molecule has 0 saturated carbocycles. The van der Waals surface area contributed by atoms with Gasteiger partial charge in [0.2, 0.25) is 0 Å². The molecule has 2 atom stereocenters. The van der Waals surface area contributed by atoms with Gasteiger partial charge in [0.25, 0.3) is 0 Å². The van der Waals surface area contributed by atoms with Gasteiger partial charge in [0.05, 0.1) is 0 Å². The number of carbonyl (C=O) groups is 2. The van der Waals surface area contributed by atoms with Crippen LogP contribution in [0.1, 0.15) is 27.2 Å². The molecule has 0 bridgehead atoms. The number of aliphatic carboxylic acids is 1. The number of aliphatic hydroxyl groups excluding tert-OH is 1. The fraction of sp³-hybridized carbons (Fsp3) is 0.778. The Hall–Kier alpha value is -1.10. The third-order valence-electron chi connectivity index (χ3n) is 1.61. The number of carboxylic acids is 1. The van der Waals surface area contributed by atoms with Crippen LogP contribution in [0, 0.1) is 5.92 Å². The Labute approximate surface area is 82.7 Å². The molecule has 0 aromatic rings. The van der Waals surface area contributed by atoms with Gasteiger partial charge in [-0.05, 0) is 19.3 Å². The largest absolute Gasteiger partial charge is 0.479 e. The summed E-state index contributed by atoms with van der Waals surface area (Å²) < 4.78 is 4.49. The van der Waals surface area contributed by atoms with Crippen molar-refractivity contribution in [2.24, 2.45) is 5.92 Å². The quantitative estimate of drug-likeness (QED) is 0.633. The first kappa shape index (κ1) is 12.9. The molecule has 14 heavy (non-hydrogen) atoms. The Kier molecular flexibility index (Phi) is 5.15. The Bertz CT molecular complexity index is 211. The molecule has 0 amide bonds. The molecule has 0 saturated heterocycles. The second-order valence-corrected chi connectivity index (χ2v) is 3.56. The molecular weight excluding hydrogens is 188 g/mol. The summed E-state index contributed by atoms with van der Waals surface area (Å²) in [5.41, 5.74) is 0. The molecule has 0 aliphatic carbocycles. The molecule has 0 heterocycles. The number of carbonyl (C=O) groups excluding carboxylic acids is 1. The predicted molar refractivity (Wildman–Crippen MR) is 48.7 cm³/mol. The number of aliphatic hydroxyl groups is 1. The summed E-state index contributed by atoms with van der Waals surface area (Å²) in [4.78, 5) is 21.4. The average Bonchev–Trinajstić information content (AvgIpc) is 2.02.